The van der Waals surface area contributed by atoms with E-state index < -0.39 is 0 Å². The second-order valence-corrected chi connectivity index (χ2v) is 5.55. The molecule has 0 spiro atoms. The lowest BCUT2D eigenvalue weighted by Crippen LogP contribution is -2.19. The summed E-state index contributed by atoms with van der Waals surface area (Å²) in [7, 11) is 0. The molecule has 0 aliphatic heterocycles. The molecule has 1 atom stereocenters. The van der Waals surface area contributed by atoms with Gasteiger partial charge in [-0.05, 0) is 49.7 Å². The molecule has 0 aromatic heterocycles. The summed E-state index contributed by atoms with van der Waals surface area (Å²) in [6, 6.07) is 14.9. The van der Waals surface area contributed by atoms with E-state index in [-0.39, 0.29) is 12.1 Å². The molecule has 0 amide bonds. The third kappa shape index (κ3) is 4.96. The lowest BCUT2D eigenvalue weighted by Gasteiger charge is -2.15. The summed E-state index contributed by atoms with van der Waals surface area (Å²) in [6.07, 6.45) is 0.163. The summed E-state index contributed by atoms with van der Waals surface area (Å²) in [5.41, 5.74) is 7.14. The molecule has 3 nitrogen and oxygen atoms in total. The van der Waals surface area contributed by atoms with Gasteiger partial charge in [0.2, 0.25) is 0 Å². The largest absolute Gasteiger partial charge is 0.492 e. The van der Waals surface area contributed by atoms with Crippen LogP contribution >= 0.6 is 11.6 Å². The van der Waals surface area contributed by atoms with Gasteiger partial charge in [-0.1, -0.05) is 29.8 Å². The molecule has 1 unspecified atom stereocenters. The second-order valence-electron chi connectivity index (χ2n) is 5.11. The highest BCUT2D eigenvalue weighted by molar-refractivity contribution is 6.30. The Labute approximate surface area is 130 Å². The van der Waals surface area contributed by atoms with E-state index in [1.807, 2.05) is 56.3 Å². The van der Waals surface area contributed by atoms with Gasteiger partial charge in [-0.25, -0.2) is 0 Å². The number of hydrogen-bond acceptors (Lipinski definition) is 3. The molecule has 0 bridgehead atoms. The summed E-state index contributed by atoms with van der Waals surface area (Å²) in [5, 5.41) is 0.649. The van der Waals surface area contributed by atoms with Crippen molar-refractivity contribution >= 4 is 11.6 Å². The van der Waals surface area contributed by atoms with E-state index in [0.717, 1.165) is 17.1 Å². The Morgan fingerprint density at radius 1 is 1.05 bits per heavy atom. The van der Waals surface area contributed by atoms with Crippen molar-refractivity contribution in [2.45, 2.75) is 26.0 Å². The molecule has 0 saturated carbocycles. The number of rotatable bonds is 6. The maximum atomic E-state index is 6.13. The molecule has 112 valence electrons. The van der Waals surface area contributed by atoms with Crippen molar-refractivity contribution in [2.75, 3.05) is 6.61 Å². The molecule has 21 heavy (non-hydrogen) atoms. The molecule has 4 heteroatoms. The predicted octanol–water partition coefficient (Wildman–Crippen LogP) is 4.21. The Morgan fingerprint density at radius 2 is 1.76 bits per heavy atom. The quantitative estimate of drug-likeness (QED) is 0.869. The van der Waals surface area contributed by atoms with E-state index in [1.165, 1.54) is 0 Å². The van der Waals surface area contributed by atoms with Crippen LogP contribution in [-0.4, -0.2) is 12.7 Å². The van der Waals surface area contributed by atoms with Gasteiger partial charge >= 0.3 is 0 Å². The van der Waals surface area contributed by atoms with Crippen LogP contribution in [0.4, 0.5) is 0 Å². The van der Waals surface area contributed by atoms with Crippen LogP contribution in [-0.2, 0) is 0 Å². The molecular formula is C17H20ClNO2. The first-order valence-electron chi connectivity index (χ1n) is 6.95. The Bertz CT molecular complexity index is 569. The fraction of sp³-hybridized carbons (Fsp3) is 0.294. The Kier molecular flexibility index (Phi) is 5.48. The van der Waals surface area contributed by atoms with Crippen molar-refractivity contribution in [3.63, 3.8) is 0 Å². The van der Waals surface area contributed by atoms with Gasteiger partial charge in [0.05, 0.1) is 12.1 Å². The molecule has 0 heterocycles. The fourth-order valence-electron chi connectivity index (χ4n) is 1.90. The van der Waals surface area contributed by atoms with Crippen LogP contribution in [0.15, 0.2) is 48.5 Å². The summed E-state index contributed by atoms with van der Waals surface area (Å²) >= 11 is 5.91. The van der Waals surface area contributed by atoms with E-state index in [4.69, 9.17) is 26.8 Å². The average Bonchev–Trinajstić information content (AvgIpc) is 2.45. The number of halogens is 1. The van der Waals surface area contributed by atoms with Gasteiger partial charge < -0.3 is 15.2 Å². The normalized spacial score (nSPS) is 12.2. The van der Waals surface area contributed by atoms with Gasteiger partial charge in [0.25, 0.3) is 0 Å². The Morgan fingerprint density at radius 3 is 2.38 bits per heavy atom. The zero-order valence-corrected chi connectivity index (χ0v) is 13.0. The average molecular weight is 306 g/mol. The zero-order chi connectivity index (χ0) is 15.2. The molecule has 0 saturated heterocycles. The molecule has 0 aliphatic rings. The van der Waals surface area contributed by atoms with E-state index in [9.17, 15) is 0 Å². The topological polar surface area (TPSA) is 44.5 Å². The molecule has 0 fully saturated rings. The van der Waals surface area contributed by atoms with E-state index in [0.29, 0.717) is 11.6 Å². The lowest BCUT2D eigenvalue weighted by molar-refractivity contribution is 0.242. The van der Waals surface area contributed by atoms with Crippen molar-refractivity contribution in [2.24, 2.45) is 5.73 Å². The highest BCUT2D eigenvalue weighted by Gasteiger charge is 2.08. The SMILES string of the molecule is CC(C)Oc1ccc(C(N)COc2cccc(Cl)c2)cc1. The maximum absolute atomic E-state index is 6.13. The lowest BCUT2D eigenvalue weighted by atomic mass is 10.1. The first-order chi connectivity index (χ1) is 10.0. The van der Waals surface area contributed by atoms with Crippen molar-refractivity contribution in [3.8, 4) is 11.5 Å². The van der Waals surface area contributed by atoms with Crippen LogP contribution < -0.4 is 15.2 Å². The Hall–Kier alpha value is -1.71. The van der Waals surface area contributed by atoms with Crippen LogP contribution in [0.1, 0.15) is 25.5 Å². The van der Waals surface area contributed by atoms with E-state index >= 15 is 0 Å². The summed E-state index contributed by atoms with van der Waals surface area (Å²) in [5.74, 6) is 1.56. The second kappa shape index (κ2) is 7.34. The molecular weight excluding hydrogens is 286 g/mol. The van der Waals surface area contributed by atoms with Crippen LogP contribution in [0, 0.1) is 0 Å². The standard InChI is InChI=1S/C17H20ClNO2/c1-12(2)21-15-8-6-13(7-9-15)17(19)11-20-16-5-3-4-14(18)10-16/h3-10,12,17H,11,19H2,1-2H3. The molecule has 2 rings (SSSR count). The first kappa shape index (κ1) is 15.7. The number of nitrogens with two attached hydrogens (primary N) is 1. The van der Waals surface area contributed by atoms with Crippen molar-refractivity contribution in [3.05, 3.63) is 59.1 Å². The smallest absolute Gasteiger partial charge is 0.120 e. The van der Waals surface area contributed by atoms with E-state index in [2.05, 4.69) is 0 Å². The Balaban J connectivity index is 1.92. The number of benzene rings is 2. The van der Waals surface area contributed by atoms with Crippen LogP contribution in [0.3, 0.4) is 0 Å². The van der Waals surface area contributed by atoms with Gasteiger partial charge in [0.15, 0.2) is 0 Å². The molecule has 0 radical (unpaired) electrons. The first-order valence-corrected chi connectivity index (χ1v) is 7.33. The van der Waals surface area contributed by atoms with Gasteiger partial charge in [-0.15, -0.1) is 0 Å². The molecule has 2 N–H and O–H groups in total. The minimum Gasteiger partial charge on any atom is -0.492 e. The molecule has 0 aliphatic carbocycles. The van der Waals surface area contributed by atoms with Crippen molar-refractivity contribution in [1.82, 2.24) is 0 Å². The highest BCUT2D eigenvalue weighted by atomic mass is 35.5. The highest BCUT2D eigenvalue weighted by Crippen LogP contribution is 2.20. The van der Waals surface area contributed by atoms with Crippen molar-refractivity contribution in [1.29, 1.82) is 0 Å². The van der Waals surface area contributed by atoms with Gasteiger partial charge in [0, 0.05) is 5.02 Å². The monoisotopic (exact) mass is 305 g/mol. The van der Waals surface area contributed by atoms with Gasteiger partial charge in [-0.2, -0.15) is 0 Å². The minimum absolute atomic E-state index is 0.163. The van der Waals surface area contributed by atoms with Crippen LogP contribution in [0.5, 0.6) is 11.5 Å². The fourth-order valence-corrected chi connectivity index (χ4v) is 2.09. The third-order valence-electron chi connectivity index (χ3n) is 2.91. The summed E-state index contributed by atoms with van der Waals surface area (Å²) in [4.78, 5) is 0. The zero-order valence-electron chi connectivity index (χ0n) is 12.3. The molecule has 2 aromatic rings. The number of ether oxygens (including phenoxy) is 2. The maximum Gasteiger partial charge on any atom is 0.120 e. The van der Waals surface area contributed by atoms with Gasteiger partial charge in [-0.3, -0.25) is 0 Å². The summed E-state index contributed by atoms with van der Waals surface area (Å²) < 4.78 is 11.3. The van der Waals surface area contributed by atoms with Crippen LogP contribution in [0.25, 0.3) is 0 Å². The third-order valence-corrected chi connectivity index (χ3v) is 3.14. The van der Waals surface area contributed by atoms with Gasteiger partial charge in [0.1, 0.15) is 18.1 Å². The number of hydrogen-bond donors (Lipinski definition) is 1. The molecule has 2 aromatic carbocycles. The summed E-state index contributed by atoms with van der Waals surface area (Å²) in [6.45, 7) is 4.39. The minimum atomic E-state index is -0.197. The predicted molar refractivity (Wildman–Crippen MR) is 86.1 cm³/mol. The van der Waals surface area contributed by atoms with Crippen molar-refractivity contribution < 1.29 is 9.47 Å². The van der Waals surface area contributed by atoms with E-state index in [1.54, 1.807) is 6.07 Å². The van der Waals surface area contributed by atoms with Crippen LogP contribution in [0.2, 0.25) is 5.02 Å².